The van der Waals surface area contributed by atoms with Crippen molar-refractivity contribution in [1.29, 1.82) is 0 Å². The van der Waals surface area contributed by atoms with E-state index in [2.05, 4.69) is 26.2 Å². The zero-order chi connectivity index (χ0) is 12.1. The Kier molecular flexibility index (Phi) is 2.43. The number of fused-ring (bicyclic) bond motifs is 1. The van der Waals surface area contributed by atoms with Gasteiger partial charge in [0.05, 0.1) is 6.04 Å². The van der Waals surface area contributed by atoms with Crippen LogP contribution in [0.1, 0.15) is 12.5 Å². The predicted molar refractivity (Wildman–Crippen MR) is 55.0 cm³/mol. The highest BCUT2D eigenvalue weighted by atomic mass is 79.9. The molecule has 0 aliphatic carbocycles. The van der Waals surface area contributed by atoms with Crippen molar-refractivity contribution in [2.75, 3.05) is 5.32 Å². The Labute approximate surface area is 97.8 Å². The van der Waals surface area contributed by atoms with Gasteiger partial charge in [0.25, 0.3) is 0 Å². The highest BCUT2D eigenvalue weighted by molar-refractivity contribution is 9.10. The second-order valence-electron chi connectivity index (χ2n) is 3.68. The van der Waals surface area contributed by atoms with Crippen molar-refractivity contribution < 1.29 is 18.3 Å². The van der Waals surface area contributed by atoms with Crippen LogP contribution in [0.3, 0.4) is 0 Å². The van der Waals surface area contributed by atoms with Gasteiger partial charge in [-0.1, -0.05) is 0 Å². The minimum atomic E-state index is -4.74. The van der Waals surface area contributed by atoms with Crippen LogP contribution in [0.2, 0.25) is 0 Å². The maximum atomic E-state index is 12.9. The summed E-state index contributed by atoms with van der Waals surface area (Å²) in [5.74, 6) is 0.0653. The summed E-state index contributed by atoms with van der Waals surface area (Å²) in [5.41, 5.74) is -3.14. The fourth-order valence-corrected chi connectivity index (χ4v) is 2.12. The van der Waals surface area contributed by atoms with Crippen molar-refractivity contribution in [1.82, 2.24) is 4.98 Å². The molecule has 1 aliphatic rings. The third kappa shape index (κ3) is 1.41. The largest absolute Gasteiger partial charge is 0.423 e. The number of nitrogens with one attached hydrogen (secondary N) is 1. The fourth-order valence-electron chi connectivity index (χ4n) is 1.79. The zero-order valence-electron chi connectivity index (χ0n) is 8.14. The molecule has 1 aliphatic heterocycles. The second kappa shape index (κ2) is 3.33. The lowest BCUT2D eigenvalue weighted by Crippen LogP contribution is -2.49. The Balaban J connectivity index is 2.63. The summed E-state index contributed by atoms with van der Waals surface area (Å²) in [5, 5.41) is 12.3. The molecule has 2 atom stereocenters. The first-order valence-corrected chi connectivity index (χ1v) is 5.28. The van der Waals surface area contributed by atoms with Crippen LogP contribution in [0, 0.1) is 0 Å². The summed E-state index contributed by atoms with van der Waals surface area (Å²) in [6.45, 7) is 1.27. The van der Waals surface area contributed by atoms with Gasteiger partial charge in [-0.3, -0.25) is 0 Å². The zero-order valence-corrected chi connectivity index (χ0v) is 9.72. The minimum Gasteiger partial charge on any atom is -0.375 e. The molecule has 0 aromatic carbocycles. The van der Waals surface area contributed by atoms with Crippen molar-refractivity contribution in [2.45, 2.75) is 24.7 Å². The van der Waals surface area contributed by atoms with Gasteiger partial charge in [-0.2, -0.15) is 13.2 Å². The van der Waals surface area contributed by atoms with Crippen LogP contribution in [0.4, 0.5) is 19.0 Å². The Morgan fingerprint density at radius 1 is 1.56 bits per heavy atom. The highest BCUT2D eigenvalue weighted by Crippen LogP contribution is 2.48. The van der Waals surface area contributed by atoms with E-state index in [4.69, 9.17) is 0 Å². The molecule has 2 heterocycles. The van der Waals surface area contributed by atoms with Crippen LogP contribution in [-0.4, -0.2) is 22.3 Å². The monoisotopic (exact) mass is 296 g/mol. The van der Waals surface area contributed by atoms with Gasteiger partial charge in [0.1, 0.15) is 5.82 Å². The molecule has 16 heavy (non-hydrogen) atoms. The highest BCUT2D eigenvalue weighted by Gasteiger charge is 2.62. The molecule has 1 aromatic rings. The normalized spacial score (nSPS) is 28.8. The van der Waals surface area contributed by atoms with E-state index in [0.29, 0.717) is 4.47 Å². The van der Waals surface area contributed by atoms with Crippen molar-refractivity contribution in [2.24, 2.45) is 0 Å². The third-order valence-corrected chi connectivity index (χ3v) is 3.11. The van der Waals surface area contributed by atoms with Crippen LogP contribution in [-0.2, 0) is 5.60 Å². The number of anilines is 1. The van der Waals surface area contributed by atoms with Crippen LogP contribution >= 0.6 is 15.9 Å². The van der Waals surface area contributed by atoms with E-state index < -0.39 is 17.8 Å². The lowest BCUT2D eigenvalue weighted by Gasteiger charge is -2.30. The topological polar surface area (TPSA) is 45.2 Å². The maximum absolute atomic E-state index is 12.9. The molecule has 0 fully saturated rings. The summed E-state index contributed by atoms with van der Waals surface area (Å²) in [7, 11) is 0. The van der Waals surface area contributed by atoms with E-state index in [0.717, 1.165) is 0 Å². The number of nitrogens with zero attached hydrogens (tertiary/aromatic N) is 1. The van der Waals surface area contributed by atoms with Gasteiger partial charge in [-0.05, 0) is 28.9 Å². The summed E-state index contributed by atoms with van der Waals surface area (Å²) in [4.78, 5) is 3.80. The minimum absolute atomic E-state index is 0.0653. The Morgan fingerprint density at radius 3 is 2.75 bits per heavy atom. The first-order chi connectivity index (χ1) is 7.26. The molecular formula is C9H8BrF3N2O. The lowest BCUT2D eigenvalue weighted by atomic mass is 9.91. The molecule has 0 spiro atoms. The van der Waals surface area contributed by atoms with Crippen molar-refractivity contribution in [3.05, 3.63) is 22.3 Å². The molecule has 0 saturated heterocycles. The number of aromatic nitrogens is 1. The van der Waals surface area contributed by atoms with Crippen molar-refractivity contribution >= 4 is 21.7 Å². The van der Waals surface area contributed by atoms with E-state index >= 15 is 0 Å². The van der Waals surface area contributed by atoms with Crippen LogP contribution in [0.15, 0.2) is 16.7 Å². The molecule has 2 rings (SSSR count). The first kappa shape index (κ1) is 11.7. The average molecular weight is 297 g/mol. The molecule has 3 nitrogen and oxygen atoms in total. The molecule has 0 radical (unpaired) electrons. The molecule has 0 bridgehead atoms. The molecule has 2 N–H and O–H groups in total. The Morgan fingerprint density at radius 2 is 2.19 bits per heavy atom. The standard InChI is InChI=1S/C9H8BrF3N2O/c1-4-8(16,9(11,12)13)6-2-5(10)3-14-7(6)15-4/h2-4,16H,1H3,(H,14,15). The van der Waals surface area contributed by atoms with Crippen LogP contribution in [0.25, 0.3) is 0 Å². The summed E-state index contributed by atoms with van der Waals surface area (Å²) in [6, 6.07) is 0.0658. The predicted octanol–water partition coefficient (Wildman–Crippen LogP) is 2.41. The van der Waals surface area contributed by atoms with E-state index in [-0.39, 0.29) is 11.4 Å². The summed E-state index contributed by atoms with van der Waals surface area (Å²) < 4.78 is 39.0. The van der Waals surface area contributed by atoms with Gasteiger partial charge < -0.3 is 10.4 Å². The molecule has 0 saturated carbocycles. The second-order valence-corrected chi connectivity index (χ2v) is 4.60. The molecular weight excluding hydrogens is 289 g/mol. The Hall–Kier alpha value is -0.820. The molecule has 7 heteroatoms. The number of halogens is 4. The van der Waals surface area contributed by atoms with Crippen LogP contribution in [0.5, 0.6) is 0 Å². The maximum Gasteiger partial charge on any atom is 0.423 e. The van der Waals surface area contributed by atoms with Gasteiger partial charge in [-0.25, -0.2) is 4.98 Å². The first-order valence-electron chi connectivity index (χ1n) is 4.48. The quantitative estimate of drug-likeness (QED) is 0.773. The fraction of sp³-hybridized carbons (Fsp3) is 0.444. The van der Waals surface area contributed by atoms with E-state index in [1.807, 2.05) is 0 Å². The van der Waals surface area contributed by atoms with Crippen LogP contribution < -0.4 is 5.32 Å². The lowest BCUT2D eigenvalue weighted by molar-refractivity contribution is -0.267. The van der Waals surface area contributed by atoms with Crippen molar-refractivity contribution in [3.63, 3.8) is 0 Å². The van der Waals surface area contributed by atoms with Gasteiger partial charge in [0.2, 0.25) is 5.60 Å². The smallest absolute Gasteiger partial charge is 0.375 e. The summed E-state index contributed by atoms with van der Waals surface area (Å²) >= 11 is 3.03. The van der Waals surface area contributed by atoms with Crippen molar-refractivity contribution in [3.8, 4) is 0 Å². The van der Waals surface area contributed by atoms with Gasteiger partial charge in [-0.15, -0.1) is 0 Å². The Bertz CT molecular complexity index is 437. The van der Waals surface area contributed by atoms with E-state index in [1.54, 1.807) is 0 Å². The molecule has 0 amide bonds. The van der Waals surface area contributed by atoms with Gasteiger partial charge in [0, 0.05) is 16.2 Å². The SMILES string of the molecule is CC1Nc2ncc(Br)cc2C1(O)C(F)(F)F. The number of pyridine rings is 1. The number of aliphatic hydroxyl groups is 1. The average Bonchev–Trinajstić information content (AvgIpc) is 2.41. The van der Waals surface area contributed by atoms with Gasteiger partial charge >= 0.3 is 6.18 Å². The number of hydrogen-bond acceptors (Lipinski definition) is 3. The van der Waals surface area contributed by atoms with Gasteiger partial charge in [0.15, 0.2) is 0 Å². The van der Waals surface area contributed by atoms with E-state index in [1.165, 1.54) is 19.2 Å². The van der Waals surface area contributed by atoms with E-state index in [9.17, 15) is 18.3 Å². The number of hydrogen-bond donors (Lipinski definition) is 2. The summed E-state index contributed by atoms with van der Waals surface area (Å²) in [6.07, 6.45) is -3.37. The molecule has 1 aromatic heterocycles. The molecule has 88 valence electrons. The number of rotatable bonds is 0. The number of alkyl halides is 3. The third-order valence-electron chi connectivity index (χ3n) is 2.68. The molecule has 2 unspecified atom stereocenters.